The summed E-state index contributed by atoms with van der Waals surface area (Å²) in [5, 5.41) is 6.65. The van der Waals surface area contributed by atoms with Crippen LogP contribution in [0.15, 0.2) is 4.99 Å². The molecule has 2 atom stereocenters. The minimum absolute atomic E-state index is 0.0866. The van der Waals surface area contributed by atoms with Crippen molar-refractivity contribution in [1.29, 1.82) is 0 Å². The molecule has 5 nitrogen and oxygen atoms in total. The summed E-state index contributed by atoms with van der Waals surface area (Å²) in [6, 6.07) is 0.395. The van der Waals surface area contributed by atoms with Crippen molar-refractivity contribution < 1.29 is 9.47 Å². The molecule has 1 saturated heterocycles. The summed E-state index contributed by atoms with van der Waals surface area (Å²) in [6.45, 7) is 12.1. The predicted octanol–water partition coefficient (Wildman–Crippen LogP) is 1.00. The SMILES string of the molecule is CCNC(=NCC1COCCO1)NC(C)C(C)C. The lowest BCUT2D eigenvalue weighted by Crippen LogP contribution is -2.45. The van der Waals surface area contributed by atoms with Gasteiger partial charge in [-0.25, -0.2) is 0 Å². The quantitative estimate of drug-likeness (QED) is 0.570. The molecule has 0 aromatic heterocycles. The Labute approximate surface area is 110 Å². The molecule has 1 rings (SSSR count). The van der Waals surface area contributed by atoms with Gasteiger partial charge in [0.2, 0.25) is 0 Å². The second kappa shape index (κ2) is 8.32. The van der Waals surface area contributed by atoms with Crippen LogP contribution in [0.1, 0.15) is 27.7 Å². The van der Waals surface area contributed by atoms with Gasteiger partial charge in [0, 0.05) is 12.6 Å². The van der Waals surface area contributed by atoms with Crippen molar-refractivity contribution in [2.24, 2.45) is 10.9 Å². The van der Waals surface area contributed by atoms with E-state index in [9.17, 15) is 0 Å². The number of hydrogen-bond donors (Lipinski definition) is 2. The summed E-state index contributed by atoms with van der Waals surface area (Å²) in [5.74, 6) is 1.43. The Morgan fingerprint density at radius 3 is 2.67 bits per heavy atom. The summed E-state index contributed by atoms with van der Waals surface area (Å²) in [4.78, 5) is 4.55. The molecule has 2 N–H and O–H groups in total. The Balaban J connectivity index is 2.43. The van der Waals surface area contributed by atoms with E-state index >= 15 is 0 Å². The fourth-order valence-corrected chi connectivity index (χ4v) is 1.54. The van der Waals surface area contributed by atoms with Gasteiger partial charge in [-0.1, -0.05) is 13.8 Å². The first-order valence-corrected chi connectivity index (χ1v) is 6.87. The van der Waals surface area contributed by atoms with Gasteiger partial charge >= 0.3 is 0 Å². The number of nitrogens with one attached hydrogen (secondary N) is 2. The first-order valence-electron chi connectivity index (χ1n) is 6.87. The molecule has 18 heavy (non-hydrogen) atoms. The van der Waals surface area contributed by atoms with Crippen molar-refractivity contribution in [3.63, 3.8) is 0 Å². The average molecular weight is 257 g/mol. The van der Waals surface area contributed by atoms with E-state index < -0.39 is 0 Å². The minimum atomic E-state index is 0.0866. The van der Waals surface area contributed by atoms with Crippen molar-refractivity contribution in [3.8, 4) is 0 Å². The fourth-order valence-electron chi connectivity index (χ4n) is 1.54. The zero-order valence-electron chi connectivity index (χ0n) is 12.0. The van der Waals surface area contributed by atoms with E-state index in [1.54, 1.807) is 0 Å². The van der Waals surface area contributed by atoms with Gasteiger partial charge in [-0.3, -0.25) is 4.99 Å². The van der Waals surface area contributed by atoms with Crippen LogP contribution in [0, 0.1) is 5.92 Å². The molecule has 5 heteroatoms. The van der Waals surface area contributed by atoms with Gasteiger partial charge in [0.1, 0.15) is 6.10 Å². The highest BCUT2D eigenvalue weighted by molar-refractivity contribution is 5.80. The number of aliphatic imine (C=N–C) groups is 1. The van der Waals surface area contributed by atoms with Crippen LogP contribution in [0.3, 0.4) is 0 Å². The van der Waals surface area contributed by atoms with E-state index in [1.807, 2.05) is 0 Å². The number of ether oxygens (including phenoxy) is 2. The predicted molar refractivity (Wildman–Crippen MR) is 74.0 cm³/mol. The first kappa shape index (κ1) is 15.2. The monoisotopic (exact) mass is 257 g/mol. The van der Waals surface area contributed by atoms with Gasteiger partial charge in [-0.15, -0.1) is 0 Å². The fraction of sp³-hybridized carbons (Fsp3) is 0.923. The molecule has 0 spiro atoms. The summed E-state index contributed by atoms with van der Waals surface area (Å²) in [5.41, 5.74) is 0. The molecule has 1 fully saturated rings. The third-order valence-electron chi connectivity index (χ3n) is 3.05. The second-order valence-electron chi connectivity index (χ2n) is 4.96. The molecule has 0 aliphatic carbocycles. The van der Waals surface area contributed by atoms with Crippen molar-refractivity contribution in [3.05, 3.63) is 0 Å². The molecule has 1 aliphatic rings. The third-order valence-corrected chi connectivity index (χ3v) is 3.05. The van der Waals surface area contributed by atoms with E-state index in [0.29, 0.717) is 38.3 Å². The Kier molecular flexibility index (Phi) is 7.05. The van der Waals surface area contributed by atoms with Crippen LogP contribution in [-0.2, 0) is 9.47 Å². The van der Waals surface area contributed by atoms with Gasteiger partial charge in [0.15, 0.2) is 5.96 Å². The number of rotatable bonds is 5. The Morgan fingerprint density at radius 2 is 2.11 bits per heavy atom. The summed E-state index contributed by atoms with van der Waals surface area (Å²) < 4.78 is 10.9. The van der Waals surface area contributed by atoms with Crippen LogP contribution in [0.4, 0.5) is 0 Å². The van der Waals surface area contributed by atoms with E-state index in [2.05, 4.69) is 43.3 Å². The lowest BCUT2D eigenvalue weighted by molar-refractivity contribution is -0.0832. The maximum atomic E-state index is 5.57. The molecule has 2 unspecified atom stereocenters. The van der Waals surface area contributed by atoms with Crippen LogP contribution in [0.5, 0.6) is 0 Å². The number of hydrogen-bond acceptors (Lipinski definition) is 3. The van der Waals surface area contributed by atoms with Crippen molar-refractivity contribution in [1.82, 2.24) is 10.6 Å². The highest BCUT2D eigenvalue weighted by Crippen LogP contribution is 2.02. The lowest BCUT2D eigenvalue weighted by atomic mass is 10.1. The smallest absolute Gasteiger partial charge is 0.191 e. The molecular formula is C13H27N3O2. The van der Waals surface area contributed by atoms with Gasteiger partial charge in [-0.2, -0.15) is 0 Å². The van der Waals surface area contributed by atoms with Crippen molar-refractivity contribution in [2.75, 3.05) is 32.9 Å². The zero-order chi connectivity index (χ0) is 13.4. The summed E-state index contributed by atoms with van der Waals surface area (Å²) >= 11 is 0. The van der Waals surface area contributed by atoms with Crippen molar-refractivity contribution in [2.45, 2.75) is 39.8 Å². The van der Waals surface area contributed by atoms with E-state index in [4.69, 9.17) is 9.47 Å². The number of guanidine groups is 1. The Hall–Kier alpha value is -0.810. The summed E-state index contributed by atoms with van der Waals surface area (Å²) in [7, 11) is 0. The molecule has 0 aromatic carbocycles. The summed E-state index contributed by atoms with van der Waals surface area (Å²) in [6.07, 6.45) is 0.0866. The van der Waals surface area contributed by atoms with Gasteiger partial charge in [0.25, 0.3) is 0 Å². The molecule has 1 heterocycles. The van der Waals surface area contributed by atoms with E-state index in [-0.39, 0.29) is 6.10 Å². The highest BCUT2D eigenvalue weighted by atomic mass is 16.6. The standard InChI is InChI=1S/C13H27N3O2/c1-5-14-13(16-11(4)10(2)3)15-8-12-9-17-6-7-18-12/h10-12H,5-9H2,1-4H3,(H2,14,15,16). The molecule has 0 radical (unpaired) electrons. The largest absolute Gasteiger partial charge is 0.376 e. The Bertz CT molecular complexity index is 251. The van der Waals surface area contributed by atoms with Crippen LogP contribution in [-0.4, -0.2) is 51.0 Å². The van der Waals surface area contributed by atoms with E-state index in [0.717, 1.165) is 12.5 Å². The zero-order valence-corrected chi connectivity index (χ0v) is 12.0. The van der Waals surface area contributed by atoms with Crippen LogP contribution >= 0.6 is 0 Å². The highest BCUT2D eigenvalue weighted by Gasteiger charge is 2.14. The molecule has 0 saturated carbocycles. The molecule has 1 aliphatic heterocycles. The Morgan fingerprint density at radius 1 is 1.33 bits per heavy atom. The maximum absolute atomic E-state index is 5.57. The molecule has 0 bridgehead atoms. The van der Waals surface area contributed by atoms with Gasteiger partial charge in [-0.05, 0) is 19.8 Å². The van der Waals surface area contributed by atoms with Crippen LogP contribution in [0.2, 0.25) is 0 Å². The van der Waals surface area contributed by atoms with E-state index in [1.165, 1.54) is 0 Å². The molecular weight excluding hydrogens is 230 g/mol. The maximum Gasteiger partial charge on any atom is 0.191 e. The lowest BCUT2D eigenvalue weighted by Gasteiger charge is -2.23. The second-order valence-corrected chi connectivity index (χ2v) is 4.96. The minimum Gasteiger partial charge on any atom is -0.376 e. The topological polar surface area (TPSA) is 54.9 Å². The van der Waals surface area contributed by atoms with Crippen molar-refractivity contribution >= 4 is 5.96 Å². The third kappa shape index (κ3) is 5.69. The van der Waals surface area contributed by atoms with Gasteiger partial charge < -0.3 is 20.1 Å². The normalized spacial score (nSPS) is 22.9. The first-order chi connectivity index (χ1) is 8.63. The molecule has 0 amide bonds. The molecule has 0 aromatic rings. The van der Waals surface area contributed by atoms with Crippen LogP contribution < -0.4 is 10.6 Å². The number of nitrogens with zero attached hydrogens (tertiary/aromatic N) is 1. The average Bonchev–Trinajstić information content (AvgIpc) is 2.37. The molecule has 106 valence electrons. The van der Waals surface area contributed by atoms with Crippen LogP contribution in [0.25, 0.3) is 0 Å². The van der Waals surface area contributed by atoms with Gasteiger partial charge in [0.05, 0.1) is 26.4 Å².